The Hall–Kier alpha value is -1.69. The van der Waals surface area contributed by atoms with Crippen molar-refractivity contribution >= 4 is 21.8 Å². The van der Waals surface area contributed by atoms with Crippen LogP contribution in [0.5, 0.6) is 0 Å². The molecule has 22 heavy (non-hydrogen) atoms. The summed E-state index contributed by atoms with van der Waals surface area (Å²) in [5.41, 5.74) is 2.61. The number of rotatable bonds is 3. The molecule has 0 spiro atoms. The van der Waals surface area contributed by atoms with Gasteiger partial charge in [0.25, 0.3) is 0 Å². The second-order valence-electron chi connectivity index (χ2n) is 5.33. The van der Waals surface area contributed by atoms with Crippen LogP contribution in [0.4, 0.5) is 4.39 Å². The topological polar surface area (TPSA) is 46.3 Å². The minimum Gasteiger partial charge on any atom is -0.356 e. The molecule has 1 aromatic heterocycles. The van der Waals surface area contributed by atoms with E-state index in [-0.39, 0.29) is 16.6 Å². The van der Waals surface area contributed by atoms with Crippen molar-refractivity contribution in [3.05, 3.63) is 41.3 Å². The highest BCUT2D eigenvalue weighted by Gasteiger charge is 2.29. The lowest BCUT2D eigenvalue weighted by atomic mass is 10.0. The fraction of sp³-hybridized carbons (Fsp3) is 0.375. The summed E-state index contributed by atoms with van der Waals surface area (Å²) in [4.78, 5) is 13.9. The number of halogens is 2. The monoisotopic (exact) mass is 366 g/mol. The van der Waals surface area contributed by atoms with Crippen molar-refractivity contribution in [3.63, 3.8) is 0 Å². The first-order valence-electron chi connectivity index (χ1n) is 7.26. The van der Waals surface area contributed by atoms with Gasteiger partial charge in [-0.2, -0.15) is 0 Å². The molecule has 2 aromatic rings. The number of amides is 1. The normalized spacial score (nSPS) is 15.5. The first kappa shape index (κ1) is 15.2. The molecule has 1 amide bonds. The molecular formula is C16H16BrFN2O2. The largest absolute Gasteiger partial charge is 0.356 e. The highest BCUT2D eigenvalue weighted by molar-refractivity contribution is 9.10. The molecule has 2 heterocycles. The molecule has 6 heteroatoms. The van der Waals surface area contributed by atoms with Gasteiger partial charge in [0.2, 0.25) is 5.91 Å². The van der Waals surface area contributed by atoms with E-state index in [1.54, 1.807) is 17.0 Å². The van der Waals surface area contributed by atoms with Crippen molar-refractivity contribution in [1.82, 2.24) is 10.1 Å². The Kier molecular flexibility index (Phi) is 4.29. The third-order valence-corrected chi connectivity index (χ3v) is 4.93. The molecule has 1 unspecified atom stereocenters. The van der Waals surface area contributed by atoms with E-state index < -0.39 is 0 Å². The maximum Gasteiger partial charge on any atom is 0.236 e. The molecule has 0 bridgehead atoms. The van der Waals surface area contributed by atoms with E-state index in [2.05, 4.69) is 21.1 Å². The maximum atomic E-state index is 13.0. The van der Waals surface area contributed by atoms with Gasteiger partial charge in [-0.05, 0) is 37.1 Å². The van der Waals surface area contributed by atoms with Crippen LogP contribution >= 0.6 is 15.9 Å². The fourth-order valence-electron chi connectivity index (χ4n) is 2.62. The average Bonchev–Trinajstić information content (AvgIpc) is 2.97. The molecule has 1 aromatic carbocycles. The van der Waals surface area contributed by atoms with Crippen LogP contribution in [0.15, 0.2) is 28.8 Å². The number of aromatic nitrogens is 1. The standard InChI is InChI=1S/C16H16BrFN2O2/c1-2-13(17)16(21)20-8-7-12-14(9-20)19-22-15(12)10-3-5-11(18)6-4-10/h3-6,13H,2,7-9H2,1H3. The zero-order chi connectivity index (χ0) is 15.7. The van der Waals surface area contributed by atoms with Crippen LogP contribution in [0, 0.1) is 5.82 Å². The van der Waals surface area contributed by atoms with Crippen LogP contribution in [-0.4, -0.2) is 27.3 Å². The minimum absolute atomic E-state index is 0.0829. The second-order valence-corrected chi connectivity index (χ2v) is 6.43. The summed E-state index contributed by atoms with van der Waals surface area (Å²) in [6.07, 6.45) is 1.45. The van der Waals surface area contributed by atoms with Crippen molar-refractivity contribution in [2.75, 3.05) is 6.54 Å². The molecule has 1 aliphatic rings. The number of hydrogen-bond donors (Lipinski definition) is 0. The number of nitrogens with zero attached hydrogens (tertiary/aromatic N) is 2. The van der Waals surface area contributed by atoms with Crippen LogP contribution in [-0.2, 0) is 17.8 Å². The first-order valence-corrected chi connectivity index (χ1v) is 8.18. The summed E-state index contributed by atoms with van der Waals surface area (Å²) in [6.45, 7) is 3.07. The molecule has 4 nitrogen and oxygen atoms in total. The SMILES string of the molecule is CCC(Br)C(=O)N1CCc2c(noc2-c2ccc(F)cc2)C1. The van der Waals surface area contributed by atoms with E-state index in [4.69, 9.17) is 4.52 Å². The maximum absolute atomic E-state index is 13.0. The predicted molar refractivity (Wildman–Crippen MR) is 84.0 cm³/mol. The van der Waals surface area contributed by atoms with Gasteiger partial charge in [0.05, 0.1) is 11.4 Å². The van der Waals surface area contributed by atoms with Gasteiger partial charge in [-0.25, -0.2) is 4.39 Å². The molecule has 0 fully saturated rings. The van der Waals surface area contributed by atoms with Crippen LogP contribution in [0.3, 0.4) is 0 Å². The first-order chi connectivity index (χ1) is 10.6. The van der Waals surface area contributed by atoms with E-state index in [1.807, 2.05) is 6.92 Å². The number of carbonyl (C=O) groups is 1. The number of benzene rings is 1. The van der Waals surface area contributed by atoms with Crippen molar-refractivity contribution < 1.29 is 13.7 Å². The summed E-state index contributed by atoms with van der Waals surface area (Å²) in [5.74, 6) is 0.476. The fourth-order valence-corrected chi connectivity index (χ4v) is 2.91. The van der Waals surface area contributed by atoms with Gasteiger partial charge < -0.3 is 9.42 Å². The van der Waals surface area contributed by atoms with Crippen LogP contribution in [0.1, 0.15) is 24.6 Å². The lowest BCUT2D eigenvalue weighted by Crippen LogP contribution is -2.40. The van der Waals surface area contributed by atoms with Crippen molar-refractivity contribution in [3.8, 4) is 11.3 Å². The Morgan fingerprint density at radius 2 is 2.18 bits per heavy atom. The Balaban J connectivity index is 1.83. The lowest BCUT2D eigenvalue weighted by molar-refractivity contribution is -0.131. The van der Waals surface area contributed by atoms with Crippen molar-refractivity contribution in [2.24, 2.45) is 0 Å². The van der Waals surface area contributed by atoms with E-state index in [0.717, 1.165) is 23.2 Å². The second kappa shape index (κ2) is 6.20. The van der Waals surface area contributed by atoms with Gasteiger partial charge in [0, 0.05) is 17.7 Å². The Bertz CT molecular complexity index is 684. The van der Waals surface area contributed by atoms with Crippen LogP contribution < -0.4 is 0 Å². The van der Waals surface area contributed by atoms with Gasteiger partial charge in [-0.3, -0.25) is 4.79 Å². The van der Waals surface area contributed by atoms with Crippen molar-refractivity contribution in [2.45, 2.75) is 31.1 Å². The highest BCUT2D eigenvalue weighted by atomic mass is 79.9. The summed E-state index contributed by atoms with van der Waals surface area (Å²) in [7, 11) is 0. The Labute approximate surface area is 136 Å². The van der Waals surface area contributed by atoms with E-state index in [9.17, 15) is 9.18 Å². The molecule has 0 saturated carbocycles. The number of hydrogen-bond acceptors (Lipinski definition) is 3. The van der Waals surface area contributed by atoms with Crippen LogP contribution in [0.2, 0.25) is 0 Å². The van der Waals surface area contributed by atoms with Gasteiger partial charge >= 0.3 is 0 Å². The third kappa shape index (κ3) is 2.79. The van der Waals surface area contributed by atoms with Gasteiger partial charge in [-0.15, -0.1) is 0 Å². The van der Waals surface area contributed by atoms with Crippen LogP contribution in [0.25, 0.3) is 11.3 Å². The molecule has 3 rings (SSSR count). The number of fused-ring (bicyclic) bond motifs is 1. The molecule has 116 valence electrons. The Morgan fingerprint density at radius 3 is 2.86 bits per heavy atom. The summed E-state index contributed by atoms with van der Waals surface area (Å²) in [5, 5.41) is 4.10. The van der Waals surface area contributed by atoms with E-state index in [1.165, 1.54) is 12.1 Å². The zero-order valence-electron chi connectivity index (χ0n) is 12.2. The van der Waals surface area contributed by atoms with Gasteiger partial charge in [-0.1, -0.05) is 28.0 Å². The molecule has 0 saturated heterocycles. The predicted octanol–water partition coefficient (Wildman–Crippen LogP) is 3.54. The summed E-state index contributed by atoms with van der Waals surface area (Å²) >= 11 is 3.40. The van der Waals surface area contributed by atoms with E-state index >= 15 is 0 Å². The number of alkyl halides is 1. The van der Waals surface area contributed by atoms with Gasteiger partial charge in [0.1, 0.15) is 11.5 Å². The van der Waals surface area contributed by atoms with Gasteiger partial charge in [0.15, 0.2) is 5.76 Å². The quantitative estimate of drug-likeness (QED) is 0.780. The lowest BCUT2D eigenvalue weighted by Gasteiger charge is -2.27. The minimum atomic E-state index is -0.281. The Morgan fingerprint density at radius 1 is 1.45 bits per heavy atom. The third-order valence-electron chi connectivity index (χ3n) is 3.89. The molecule has 0 radical (unpaired) electrons. The van der Waals surface area contributed by atoms with E-state index in [0.29, 0.717) is 25.3 Å². The highest BCUT2D eigenvalue weighted by Crippen LogP contribution is 2.30. The smallest absolute Gasteiger partial charge is 0.236 e. The zero-order valence-corrected chi connectivity index (χ0v) is 13.8. The number of carbonyl (C=O) groups excluding carboxylic acids is 1. The molecular weight excluding hydrogens is 351 g/mol. The molecule has 0 aliphatic carbocycles. The molecule has 0 N–H and O–H groups in total. The van der Waals surface area contributed by atoms with Crippen molar-refractivity contribution in [1.29, 1.82) is 0 Å². The summed E-state index contributed by atoms with van der Waals surface area (Å²) < 4.78 is 18.5. The summed E-state index contributed by atoms with van der Waals surface area (Å²) in [6, 6.07) is 6.16. The molecule has 1 atom stereocenters. The average molecular weight is 367 g/mol. The molecule has 1 aliphatic heterocycles.